The minimum absolute atomic E-state index is 0.00295. The van der Waals surface area contributed by atoms with Crippen LogP contribution in [0.3, 0.4) is 0 Å². The molecular formula is C14H11BrN2O3. The third-order valence-corrected chi connectivity index (χ3v) is 3.35. The number of non-ortho nitro benzene ring substituents is 1. The minimum atomic E-state index is -0.469. The fraction of sp³-hybridized carbons (Fsp3) is 0.0714. The molecule has 2 rings (SSSR count). The summed E-state index contributed by atoms with van der Waals surface area (Å²) < 4.78 is 0.549. The van der Waals surface area contributed by atoms with Crippen molar-refractivity contribution in [1.82, 2.24) is 0 Å². The Morgan fingerprint density at radius 3 is 2.50 bits per heavy atom. The van der Waals surface area contributed by atoms with Crippen LogP contribution in [0.2, 0.25) is 0 Å². The van der Waals surface area contributed by atoms with Gasteiger partial charge in [0.1, 0.15) is 0 Å². The lowest BCUT2D eigenvalue weighted by Crippen LogP contribution is -2.14. The normalized spacial score (nSPS) is 10.1. The smallest absolute Gasteiger partial charge is 0.270 e. The van der Waals surface area contributed by atoms with Crippen LogP contribution >= 0.6 is 15.9 Å². The van der Waals surface area contributed by atoms with Gasteiger partial charge >= 0.3 is 0 Å². The highest BCUT2D eigenvalue weighted by molar-refractivity contribution is 9.10. The van der Waals surface area contributed by atoms with Crippen molar-refractivity contribution in [1.29, 1.82) is 0 Å². The summed E-state index contributed by atoms with van der Waals surface area (Å²) in [6, 6.07) is 13.3. The Hall–Kier alpha value is -2.21. The second-order valence-electron chi connectivity index (χ2n) is 4.06. The van der Waals surface area contributed by atoms with Crippen molar-refractivity contribution in [2.45, 2.75) is 0 Å². The Kier molecular flexibility index (Phi) is 4.47. The topological polar surface area (TPSA) is 72.2 Å². The molecule has 0 unspecified atom stereocenters. The summed E-state index contributed by atoms with van der Waals surface area (Å²) in [6.07, 6.45) is 0. The summed E-state index contributed by atoms with van der Waals surface area (Å²) in [6.45, 7) is 0.125. The number of carbonyl (C=O) groups is 1. The quantitative estimate of drug-likeness (QED) is 0.514. The van der Waals surface area contributed by atoms with Crippen LogP contribution in [-0.4, -0.2) is 17.3 Å². The van der Waals surface area contributed by atoms with Gasteiger partial charge in [0.25, 0.3) is 5.69 Å². The number of carbonyl (C=O) groups excluding carboxylic acids is 1. The molecule has 0 aliphatic carbocycles. The number of nitrogens with zero attached hydrogens (tertiary/aromatic N) is 1. The van der Waals surface area contributed by atoms with Crippen LogP contribution in [-0.2, 0) is 0 Å². The summed E-state index contributed by atoms with van der Waals surface area (Å²) in [7, 11) is 0. The number of hydrogen-bond donors (Lipinski definition) is 1. The molecule has 5 nitrogen and oxygen atoms in total. The fourth-order valence-corrected chi connectivity index (χ4v) is 2.17. The number of benzene rings is 2. The van der Waals surface area contributed by atoms with E-state index in [0.717, 1.165) is 0 Å². The number of ketones is 1. The predicted octanol–water partition coefficient (Wildman–Crippen LogP) is 3.65. The van der Waals surface area contributed by atoms with Crippen LogP contribution < -0.4 is 5.32 Å². The maximum atomic E-state index is 11.9. The molecule has 0 aromatic heterocycles. The molecule has 0 aliphatic heterocycles. The largest absolute Gasteiger partial charge is 0.377 e. The summed E-state index contributed by atoms with van der Waals surface area (Å²) in [4.78, 5) is 22.1. The standard InChI is InChI=1S/C14H11BrN2O3/c15-12-8-11(17(19)20)6-7-13(12)16-9-14(18)10-4-2-1-3-5-10/h1-8,16H,9H2. The monoisotopic (exact) mass is 334 g/mol. The minimum Gasteiger partial charge on any atom is -0.377 e. The molecule has 1 N–H and O–H groups in total. The van der Waals surface area contributed by atoms with E-state index in [4.69, 9.17) is 0 Å². The number of Topliss-reactive ketones (excluding diaryl/α,β-unsaturated/α-hetero) is 1. The third kappa shape index (κ3) is 3.42. The van der Waals surface area contributed by atoms with Gasteiger partial charge in [-0.25, -0.2) is 0 Å². The Bertz CT molecular complexity index is 644. The van der Waals surface area contributed by atoms with Crippen LogP contribution in [0.5, 0.6) is 0 Å². The highest BCUT2D eigenvalue weighted by atomic mass is 79.9. The van der Waals surface area contributed by atoms with Crippen molar-refractivity contribution >= 4 is 33.1 Å². The van der Waals surface area contributed by atoms with Crippen molar-refractivity contribution in [2.24, 2.45) is 0 Å². The van der Waals surface area contributed by atoms with E-state index < -0.39 is 4.92 Å². The number of rotatable bonds is 5. The molecule has 0 spiro atoms. The van der Waals surface area contributed by atoms with Crippen molar-refractivity contribution in [2.75, 3.05) is 11.9 Å². The highest BCUT2D eigenvalue weighted by Gasteiger charge is 2.10. The zero-order chi connectivity index (χ0) is 14.5. The molecule has 0 atom stereocenters. The molecule has 0 amide bonds. The SMILES string of the molecule is O=C(CNc1ccc([N+](=O)[O-])cc1Br)c1ccccc1. The van der Waals surface area contributed by atoms with Gasteiger partial charge < -0.3 is 5.32 Å². The molecule has 2 aromatic carbocycles. The first-order valence-electron chi connectivity index (χ1n) is 5.84. The average Bonchev–Trinajstić information content (AvgIpc) is 2.46. The second-order valence-corrected chi connectivity index (χ2v) is 4.92. The van der Waals surface area contributed by atoms with E-state index in [1.54, 1.807) is 30.3 Å². The number of nitro groups is 1. The third-order valence-electron chi connectivity index (χ3n) is 2.70. The van der Waals surface area contributed by atoms with E-state index in [2.05, 4.69) is 21.2 Å². The summed E-state index contributed by atoms with van der Waals surface area (Å²) in [5.41, 5.74) is 1.26. The van der Waals surface area contributed by atoms with Gasteiger partial charge in [-0.05, 0) is 22.0 Å². The van der Waals surface area contributed by atoms with Crippen molar-refractivity contribution in [3.63, 3.8) is 0 Å². The van der Waals surface area contributed by atoms with Crippen LogP contribution in [0.1, 0.15) is 10.4 Å². The lowest BCUT2D eigenvalue weighted by Gasteiger charge is -2.07. The van der Waals surface area contributed by atoms with Crippen molar-refractivity contribution < 1.29 is 9.72 Å². The zero-order valence-corrected chi connectivity index (χ0v) is 12.0. The molecule has 102 valence electrons. The van der Waals surface area contributed by atoms with Gasteiger partial charge in [-0.1, -0.05) is 30.3 Å². The van der Waals surface area contributed by atoms with Crippen LogP contribution in [0.4, 0.5) is 11.4 Å². The summed E-state index contributed by atoms with van der Waals surface area (Å²) in [5, 5.41) is 13.6. The van der Waals surface area contributed by atoms with Gasteiger partial charge in [-0.15, -0.1) is 0 Å². The first-order chi connectivity index (χ1) is 9.58. The number of anilines is 1. The lowest BCUT2D eigenvalue weighted by atomic mass is 10.1. The zero-order valence-electron chi connectivity index (χ0n) is 10.4. The van der Waals surface area contributed by atoms with Gasteiger partial charge in [-0.3, -0.25) is 14.9 Å². The van der Waals surface area contributed by atoms with E-state index in [0.29, 0.717) is 15.7 Å². The van der Waals surface area contributed by atoms with Crippen molar-refractivity contribution in [3.05, 3.63) is 68.7 Å². The maximum Gasteiger partial charge on any atom is 0.270 e. The number of halogens is 1. The Morgan fingerprint density at radius 1 is 1.20 bits per heavy atom. The van der Waals surface area contributed by atoms with Crippen molar-refractivity contribution in [3.8, 4) is 0 Å². The van der Waals surface area contributed by atoms with E-state index in [1.165, 1.54) is 12.1 Å². The lowest BCUT2D eigenvalue weighted by molar-refractivity contribution is -0.384. The van der Waals surface area contributed by atoms with Gasteiger partial charge in [0.05, 0.1) is 11.5 Å². The van der Waals surface area contributed by atoms with Crippen LogP contribution in [0.15, 0.2) is 53.0 Å². The Balaban J connectivity index is 2.04. The van der Waals surface area contributed by atoms with Crippen LogP contribution in [0, 0.1) is 10.1 Å². The molecule has 2 aromatic rings. The molecule has 0 bridgehead atoms. The fourth-order valence-electron chi connectivity index (χ4n) is 1.66. The Morgan fingerprint density at radius 2 is 1.90 bits per heavy atom. The van der Waals surface area contributed by atoms with Gasteiger partial charge in [0.15, 0.2) is 5.78 Å². The number of nitro benzene ring substituents is 1. The molecular weight excluding hydrogens is 324 g/mol. The van der Waals surface area contributed by atoms with E-state index in [9.17, 15) is 14.9 Å². The molecule has 0 heterocycles. The first kappa shape index (κ1) is 14.2. The molecule has 0 saturated heterocycles. The first-order valence-corrected chi connectivity index (χ1v) is 6.63. The molecule has 20 heavy (non-hydrogen) atoms. The highest BCUT2D eigenvalue weighted by Crippen LogP contribution is 2.26. The molecule has 6 heteroatoms. The van der Waals surface area contributed by atoms with Gasteiger partial charge in [-0.2, -0.15) is 0 Å². The summed E-state index contributed by atoms with van der Waals surface area (Å²) in [5.74, 6) is -0.0455. The molecule has 0 radical (unpaired) electrons. The summed E-state index contributed by atoms with van der Waals surface area (Å²) >= 11 is 3.24. The maximum absolute atomic E-state index is 11.9. The van der Waals surface area contributed by atoms with E-state index in [-0.39, 0.29) is 18.0 Å². The average molecular weight is 335 g/mol. The van der Waals surface area contributed by atoms with E-state index >= 15 is 0 Å². The number of hydrogen-bond acceptors (Lipinski definition) is 4. The van der Waals surface area contributed by atoms with E-state index in [1.807, 2.05) is 6.07 Å². The predicted molar refractivity (Wildman–Crippen MR) is 80.1 cm³/mol. The van der Waals surface area contributed by atoms with Gasteiger partial charge in [0.2, 0.25) is 0 Å². The molecule has 0 aliphatic rings. The number of nitrogens with one attached hydrogen (secondary N) is 1. The second kappa shape index (κ2) is 6.29. The Labute approximate surface area is 123 Å². The van der Waals surface area contributed by atoms with Gasteiger partial charge in [0, 0.05) is 27.9 Å². The van der Waals surface area contributed by atoms with Crippen LogP contribution in [0.25, 0.3) is 0 Å². The molecule has 0 fully saturated rings. The molecule has 0 saturated carbocycles.